The first-order valence-corrected chi connectivity index (χ1v) is 9.54. The van der Waals surface area contributed by atoms with Gasteiger partial charge in [-0.25, -0.2) is 4.98 Å². The molecule has 1 aromatic rings. The maximum absolute atomic E-state index is 10.1. The highest BCUT2D eigenvalue weighted by molar-refractivity contribution is 8.20. The third-order valence-electron chi connectivity index (χ3n) is 4.87. The third kappa shape index (κ3) is 10.7. The number of imidazole rings is 1. The Balaban J connectivity index is 0.000000743. The summed E-state index contributed by atoms with van der Waals surface area (Å²) in [5.74, 6) is -0.848. The van der Waals surface area contributed by atoms with Crippen LogP contribution in [0.25, 0.3) is 0 Å². The molecule has 1 rings (SSSR count). The molecule has 0 amide bonds. The zero-order valence-corrected chi connectivity index (χ0v) is 17.7. The Morgan fingerprint density at radius 2 is 1.32 bits per heavy atom. The Hall–Kier alpha value is 0.0436. The van der Waals surface area contributed by atoms with Gasteiger partial charge in [0.2, 0.25) is 0 Å². The standard InChI is InChI=1S/C6H8N2O2.B21/c1-8-3-5(7-4-8)2-6(9)10;1-12-18(13(2)3)21(19(14(4)5)15(6)7)20(16(8)9)17(10)11/h3-4H,2H2,1H3,(H,9,10);. The number of aromatic nitrogens is 2. The van der Waals surface area contributed by atoms with Crippen LogP contribution in [0.15, 0.2) is 12.5 Å². The molecule has 0 saturated carbocycles. The Morgan fingerprint density at radius 3 is 1.55 bits per heavy atom. The fourth-order valence-electron chi connectivity index (χ4n) is 3.54. The summed E-state index contributed by atoms with van der Waals surface area (Å²) in [4.78, 5) is 14.0. The first-order chi connectivity index (χ1) is 14.2. The van der Waals surface area contributed by atoms with Crippen LogP contribution < -0.4 is 0 Å². The van der Waals surface area contributed by atoms with Gasteiger partial charge in [-0.1, -0.05) is 0 Å². The lowest BCUT2D eigenvalue weighted by atomic mass is 8.38. The highest BCUT2D eigenvalue weighted by Crippen LogP contribution is 2.07. The van der Waals surface area contributed by atoms with E-state index in [4.69, 9.17) is 90.2 Å². The maximum Gasteiger partial charge on any atom is 0.309 e. The highest BCUT2D eigenvalue weighted by Gasteiger charge is 2.45. The van der Waals surface area contributed by atoms with E-state index in [-0.39, 0.29) is 6.42 Å². The van der Waals surface area contributed by atoms with Gasteiger partial charge in [0.05, 0.1) is 18.4 Å². The summed E-state index contributed by atoms with van der Waals surface area (Å²) >= 11 is 0. The minimum Gasteiger partial charge on any atom is -0.481 e. The van der Waals surface area contributed by atoms with Gasteiger partial charge in [0, 0.05) is 163 Å². The molecule has 0 fully saturated rings. The van der Waals surface area contributed by atoms with Gasteiger partial charge < -0.3 is 9.67 Å². The predicted molar refractivity (Wildman–Crippen MR) is 155 cm³/mol. The minimum atomic E-state index is -0.879. The fraction of sp³-hybridized carbons (Fsp3) is 0.333. The average Bonchev–Trinajstić information content (AvgIpc) is 2.98. The van der Waals surface area contributed by atoms with Gasteiger partial charge in [0.1, 0.15) is 0 Å². The second-order valence-electron chi connectivity index (χ2n) is 7.49. The van der Waals surface area contributed by atoms with E-state index in [0.717, 1.165) is 0 Å². The minimum absolute atomic E-state index is 0.000833. The van der Waals surface area contributed by atoms with E-state index >= 15 is 0 Å². The van der Waals surface area contributed by atoms with Crippen molar-refractivity contribution in [2.75, 3.05) is 0 Å². The number of aliphatic carboxylic acids is 1. The van der Waals surface area contributed by atoms with Crippen molar-refractivity contribution in [3.8, 4) is 0 Å². The summed E-state index contributed by atoms with van der Waals surface area (Å²) in [7, 11) is 66.6. The van der Waals surface area contributed by atoms with Crippen molar-refractivity contribution in [3.63, 3.8) is 0 Å². The molecule has 25 heteroatoms. The zero-order chi connectivity index (χ0) is 24.5. The zero-order valence-electron chi connectivity index (χ0n) is 17.7. The van der Waals surface area contributed by atoms with E-state index in [2.05, 4.69) is 4.98 Å². The number of carboxylic acids is 1. The molecule has 0 bridgehead atoms. The monoisotopic (exact) mass is 371 g/mol. The number of carbonyl (C=O) groups is 1. The van der Waals surface area contributed by atoms with Gasteiger partial charge in [-0.05, 0) is 0 Å². The van der Waals surface area contributed by atoms with Gasteiger partial charge >= 0.3 is 5.97 Å². The normalized spacial score (nSPS) is 9.32. The van der Waals surface area contributed by atoms with E-state index < -0.39 is 63.4 Å². The topological polar surface area (TPSA) is 55.1 Å². The van der Waals surface area contributed by atoms with Crippen LogP contribution in [-0.4, -0.2) is 170 Å². The highest BCUT2D eigenvalue weighted by atomic mass is 16.4. The Labute approximate surface area is 206 Å². The van der Waals surface area contributed by atoms with E-state index in [1.54, 1.807) is 24.1 Å². The van der Waals surface area contributed by atoms with Crippen LogP contribution >= 0.6 is 0 Å². The van der Waals surface area contributed by atoms with Crippen molar-refractivity contribution in [2.45, 2.75) is 6.42 Å². The van der Waals surface area contributed by atoms with Crippen LogP contribution in [0.4, 0.5) is 0 Å². The molecular formula is C6H8B21N2O2. The SMILES string of the molecule is Cn1cnc(CC(=O)O)c1.[B][B]B(B([B])[B])B(B(B([B])[B])B([B])[B])B(B([B])[B])B([B])[B]. The van der Waals surface area contributed by atoms with Crippen LogP contribution in [0, 0.1) is 0 Å². The molecule has 4 nitrogen and oxygen atoms in total. The molecule has 0 aliphatic rings. The van der Waals surface area contributed by atoms with Crippen molar-refractivity contribution in [2.24, 2.45) is 7.05 Å². The first kappa shape index (κ1) is 31.0. The lowest BCUT2D eigenvalue weighted by molar-refractivity contribution is -0.136. The first-order valence-electron chi connectivity index (χ1n) is 9.54. The summed E-state index contributed by atoms with van der Waals surface area (Å²) < 4.78 is 1.72. The summed E-state index contributed by atoms with van der Waals surface area (Å²) in [6, 6.07) is 0. The van der Waals surface area contributed by atoms with Crippen molar-refractivity contribution in [3.05, 3.63) is 18.2 Å². The van der Waals surface area contributed by atoms with Gasteiger partial charge in [-0.3, -0.25) is 4.79 Å². The Morgan fingerprint density at radius 1 is 0.903 bits per heavy atom. The van der Waals surface area contributed by atoms with Gasteiger partial charge in [-0.2, -0.15) is 0 Å². The largest absolute Gasteiger partial charge is 0.481 e. The smallest absolute Gasteiger partial charge is 0.309 e. The van der Waals surface area contributed by atoms with Crippen LogP contribution in [0.1, 0.15) is 5.69 Å². The van der Waals surface area contributed by atoms with Crippen LogP contribution in [-0.2, 0) is 18.3 Å². The second kappa shape index (κ2) is 15.0. The Bertz CT molecular complexity index is 601. The molecule has 1 aromatic heterocycles. The van der Waals surface area contributed by atoms with E-state index in [9.17, 15) is 4.79 Å². The van der Waals surface area contributed by atoms with Crippen molar-refractivity contribution >= 4 is 156 Å². The number of hydrogen-bond acceptors (Lipinski definition) is 2. The number of rotatable bonds is 11. The van der Waals surface area contributed by atoms with Crippen LogP contribution in [0.3, 0.4) is 0 Å². The van der Waals surface area contributed by atoms with Crippen molar-refractivity contribution in [1.29, 1.82) is 0 Å². The average molecular weight is 367 g/mol. The number of carboxylic acid groups (broad SMARTS) is 1. The summed E-state index contributed by atoms with van der Waals surface area (Å²) in [5.41, 5.74) is 0.593. The molecule has 117 valence electrons. The molecule has 31 heavy (non-hydrogen) atoms. The van der Waals surface area contributed by atoms with Crippen LogP contribution in [0.2, 0.25) is 0 Å². The summed E-state index contributed by atoms with van der Waals surface area (Å²) in [6.07, 6.45) is -3.51. The molecule has 0 spiro atoms. The molecule has 0 unspecified atom stereocenters. The number of nitrogens with zero attached hydrogens (tertiary/aromatic N) is 2. The van der Waals surface area contributed by atoms with E-state index in [0.29, 0.717) is 5.69 Å². The van der Waals surface area contributed by atoms with E-state index in [1.807, 2.05) is 0 Å². The fourth-order valence-corrected chi connectivity index (χ4v) is 3.54. The summed E-state index contributed by atoms with van der Waals surface area (Å²) in [6.45, 7) is 0. The van der Waals surface area contributed by atoms with Gasteiger partial charge in [0.15, 0.2) is 0 Å². The number of hydrogen-bond donors (Lipinski definition) is 1. The molecule has 0 atom stereocenters. The van der Waals surface area contributed by atoms with Crippen LogP contribution in [0.5, 0.6) is 0 Å². The maximum atomic E-state index is 10.1. The summed E-state index contributed by atoms with van der Waals surface area (Å²) in [5, 5.41) is 8.33. The van der Waals surface area contributed by atoms with Gasteiger partial charge in [0.25, 0.3) is 0 Å². The molecule has 0 aliphatic carbocycles. The molecule has 0 aliphatic heterocycles. The Kier molecular flexibility index (Phi) is 15.1. The second-order valence-corrected chi connectivity index (χ2v) is 7.49. The molecular weight excluding hydrogens is 359 g/mol. The van der Waals surface area contributed by atoms with Gasteiger partial charge in [-0.15, -0.1) is 0 Å². The molecule has 1 N–H and O–H groups in total. The lowest BCUT2D eigenvalue weighted by Gasteiger charge is -2.43. The van der Waals surface area contributed by atoms with Crippen molar-refractivity contribution in [1.82, 2.24) is 9.55 Å². The molecule has 0 aromatic carbocycles. The van der Waals surface area contributed by atoms with E-state index in [1.165, 1.54) is 7.06 Å². The predicted octanol–water partition coefficient (Wildman–Crippen LogP) is -7.95. The quantitative estimate of drug-likeness (QED) is 0.396. The molecule has 23 radical (unpaired) electrons. The lowest BCUT2D eigenvalue weighted by Crippen LogP contribution is -2.81. The third-order valence-corrected chi connectivity index (χ3v) is 4.87. The molecule has 1 heterocycles. The molecule has 0 saturated heterocycles. The van der Waals surface area contributed by atoms with Crippen molar-refractivity contribution < 1.29 is 9.90 Å². The number of aryl methyl sites for hydroxylation is 1.